The summed E-state index contributed by atoms with van der Waals surface area (Å²) in [6, 6.07) is 9.43. The van der Waals surface area contributed by atoms with Gasteiger partial charge in [-0.3, -0.25) is 14.5 Å². The summed E-state index contributed by atoms with van der Waals surface area (Å²) in [5.41, 5.74) is 0.618. The number of amides is 2. The lowest BCUT2D eigenvalue weighted by Gasteiger charge is -2.20. The summed E-state index contributed by atoms with van der Waals surface area (Å²) in [5, 5.41) is 0.711. The standard InChI is InChI=1S/C21H19NO6/c1-26-15-4-2-5-16-20(15)14(12-27-16)10-18(23)22(11-13-8-9-13)21(25)17-6-3-7-19(24)28-17/h2-7,12-13H,8-11H2,1H3. The highest BCUT2D eigenvalue weighted by atomic mass is 16.5. The van der Waals surface area contributed by atoms with Gasteiger partial charge in [0.05, 0.1) is 25.2 Å². The number of hydrogen-bond donors (Lipinski definition) is 0. The van der Waals surface area contributed by atoms with Crippen LogP contribution in [0.1, 0.15) is 29.0 Å². The van der Waals surface area contributed by atoms with Crippen LogP contribution in [-0.2, 0) is 11.2 Å². The maximum Gasteiger partial charge on any atom is 0.336 e. The molecule has 1 fully saturated rings. The topological polar surface area (TPSA) is 90.0 Å². The smallest absolute Gasteiger partial charge is 0.336 e. The van der Waals surface area contributed by atoms with Crippen LogP contribution in [0, 0.1) is 5.92 Å². The fourth-order valence-corrected chi connectivity index (χ4v) is 3.17. The minimum Gasteiger partial charge on any atom is -0.496 e. The Labute approximate surface area is 160 Å². The Balaban J connectivity index is 1.63. The van der Waals surface area contributed by atoms with E-state index in [1.165, 1.54) is 29.4 Å². The summed E-state index contributed by atoms with van der Waals surface area (Å²) in [6.45, 7) is 0.309. The molecule has 0 aliphatic heterocycles. The Morgan fingerprint density at radius 1 is 1.18 bits per heavy atom. The summed E-state index contributed by atoms with van der Waals surface area (Å²) >= 11 is 0. The first kappa shape index (κ1) is 18.0. The van der Waals surface area contributed by atoms with Gasteiger partial charge >= 0.3 is 5.63 Å². The van der Waals surface area contributed by atoms with E-state index in [0.717, 1.165) is 12.8 Å². The molecule has 1 aliphatic carbocycles. The molecule has 0 spiro atoms. The van der Waals surface area contributed by atoms with E-state index in [1.807, 2.05) is 0 Å². The van der Waals surface area contributed by atoms with Gasteiger partial charge in [-0.15, -0.1) is 0 Å². The number of furan rings is 1. The van der Waals surface area contributed by atoms with E-state index in [0.29, 0.717) is 34.7 Å². The largest absolute Gasteiger partial charge is 0.496 e. The van der Waals surface area contributed by atoms with Gasteiger partial charge in [-0.2, -0.15) is 0 Å². The van der Waals surface area contributed by atoms with Gasteiger partial charge in [0.1, 0.15) is 11.3 Å². The third-order valence-corrected chi connectivity index (χ3v) is 4.78. The molecule has 0 saturated heterocycles. The SMILES string of the molecule is COc1cccc2occ(CC(=O)N(CC3CC3)C(=O)c3cccc(=O)o3)c12. The molecule has 0 bridgehead atoms. The summed E-state index contributed by atoms with van der Waals surface area (Å²) in [4.78, 5) is 38.5. The highest BCUT2D eigenvalue weighted by Crippen LogP contribution is 2.32. The van der Waals surface area contributed by atoms with Gasteiger partial charge in [-0.1, -0.05) is 12.1 Å². The summed E-state index contributed by atoms with van der Waals surface area (Å²) in [6.07, 6.45) is 3.42. The minimum atomic E-state index is -0.629. The number of hydrogen-bond acceptors (Lipinski definition) is 6. The molecule has 0 unspecified atom stereocenters. The van der Waals surface area contributed by atoms with Crippen molar-refractivity contribution in [1.82, 2.24) is 4.90 Å². The zero-order chi connectivity index (χ0) is 19.7. The molecule has 1 saturated carbocycles. The lowest BCUT2D eigenvalue weighted by atomic mass is 10.1. The van der Waals surface area contributed by atoms with Gasteiger partial charge in [0, 0.05) is 18.2 Å². The molecule has 4 rings (SSSR count). The number of ether oxygens (including phenoxy) is 1. The molecule has 2 aromatic heterocycles. The molecule has 0 radical (unpaired) electrons. The number of nitrogens with zero attached hydrogens (tertiary/aromatic N) is 1. The zero-order valence-corrected chi connectivity index (χ0v) is 15.3. The molecule has 2 amide bonds. The van der Waals surface area contributed by atoms with Crippen LogP contribution in [0.2, 0.25) is 0 Å². The average Bonchev–Trinajstić information content (AvgIpc) is 3.44. The van der Waals surface area contributed by atoms with Crippen molar-refractivity contribution in [2.24, 2.45) is 5.92 Å². The van der Waals surface area contributed by atoms with Crippen LogP contribution in [0.25, 0.3) is 11.0 Å². The second-order valence-electron chi connectivity index (χ2n) is 6.84. The van der Waals surface area contributed by atoms with Gasteiger partial charge < -0.3 is 13.6 Å². The maximum atomic E-state index is 13.0. The predicted octanol–water partition coefficient (Wildman–Crippen LogP) is 3.02. The fraction of sp³-hybridized carbons (Fsp3) is 0.286. The number of carbonyl (C=O) groups excluding carboxylic acids is 2. The van der Waals surface area contributed by atoms with Crippen molar-refractivity contribution >= 4 is 22.8 Å². The van der Waals surface area contributed by atoms with E-state index >= 15 is 0 Å². The van der Waals surface area contributed by atoms with Crippen LogP contribution < -0.4 is 10.4 Å². The molecule has 3 aromatic rings. The van der Waals surface area contributed by atoms with Crippen LogP contribution in [0.15, 0.2) is 56.3 Å². The predicted molar refractivity (Wildman–Crippen MR) is 100 cm³/mol. The van der Waals surface area contributed by atoms with Crippen LogP contribution >= 0.6 is 0 Å². The van der Waals surface area contributed by atoms with Gasteiger partial charge in [-0.05, 0) is 37.0 Å². The number of fused-ring (bicyclic) bond motifs is 1. The van der Waals surface area contributed by atoms with Crippen LogP contribution in [0.5, 0.6) is 5.75 Å². The molecule has 28 heavy (non-hydrogen) atoms. The molecular formula is C21H19NO6. The fourth-order valence-electron chi connectivity index (χ4n) is 3.17. The average molecular weight is 381 g/mol. The summed E-state index contributed by atoms with van der Waals surface area (Å²) in [7, 11) is 1.55. The van der Waals surface area contributed by atoms with Crippen molar-refractivity contribution in [3.05, 3.63) is 64.4 Å². The van der Waals surface area contributed by atoms with Crippen LogP contribution in [-0.4, -0.2) is 30.4 Å². The minimum absolute atomic E-state index is 0.0249. The van der Waals surface area contributed by atoms with Gasteiger partial charge in [0.15, 0.2) is 5.76 Å². The monoisotopic (exact) mass is 381 g/mol. The van der Waals surface area contributed by atoms with Gasteiger partial charge in [0.2, 0.25) is 5.91 Å². The van der Waals surface area contributed by atoms with E-state index in [2.05, 4.69) is 0 Å². The number of benzene rings is 1. The first-order chi connectivity index (χ1) is 13.6. The first-order valence-corrected chi connectivity index (χ1v) is 9.04. The Kier molecular flexibility index (Phi) is 4.73. The number of methoxy groups -OCH3 is 1. The maximum absolute atomic E-state index is 13.0. The molecule has 7 heteroatoms. The Bertz CT molecular complexity index is 1090. The number of rotatable bonds is 6. The Morgan fingerprint density at radius 3 is 2.68 bits per heavy atom. The third-order valence-electron chi connectivity index (χ3n) is 4.78. The molecule has 1 aromatic carbocycles. The van der Waals surface area contributed by atoms with Crippen molar-refractivity contribution in [3.63, 3.8) is 0 Å². The number of imide groups is 1. The zero-order valence-electron chi connectivity index (χ0n) is 15.3. The van der Waals surface area contributed by atoms with Crippen molar-refractivity contribution in [2.45, 2.75) is 19.3 Å². The lowest BCUT2D eigenvalue weighted by molar-refractivity contribution is -0.128. The van der Waals surface area contributed by atoms with E-state index in [-0.39, 0.29) is 18.1 Å². The summed E-state index contributed by atoms with van der Waals surface area (Å²) < 4.78 is 15.9. The highest BCUT2D eigenvalue weighted by molar-refractivity contribution is 6.04. The van der Waals surface area contributed by atoms with E-state index in [1.54, 1.807) is 25.3 Å². The van der Waals surface area contributed by atoms with E-state index < -0.39 is 11.5 Å². The molecule has 7 nitrogen and oxygen atoms in total. The van der Waals surface area contributed by atoms with Gasteiger partial charge in [0.25, 0.3) is 5.91 Å². The molecule has 0 atom stereocenters. The van der Waals surface area contributed by atoms with Gasteiger partial charge in [-0.25, -0.2) is 4.79 Å². The molecular weight excluding hydrogens is 362 g/mol. The first-order valence-electron chi connectivity index (χ1n) is 9.04. The Morgan fingerprint density at radius 2 is 1.96 bits per heavy atom. The molecule has 0 N–H and O–H groups in total. The molecule has 144 valence electrons. The van der Waals surface area contributed by atoms with Crippen molar-refractivity contribution < 1.29 is 23.2 Å². The van der Waals surface area contributed by atoms with Crippen molar-refractivity contribution in [2.75, 3.05) is 13.7 Å². The summed E-state index contributed by atoms with van der Waals surface area (Å²) in [5.74, 6) is -0.232. The quantitative estimate of drug-likeness (QED) is 0.652. The van der Waals surface area contributed by atoms with Crippen LogP contribution in [0.3, 0.4) is 0 Å². The lowest BCUT2D eigenvalue weighted by Crippen LogP contribution is -2.39. The normalized spacial score (nSPS) is 13.5. The Hall–Kier alpha value is -3.35. The number of carbonyl (C=O) groups is 2. The van der Waals surface area contributed by atoms with Crippen LogP contribution in [0.4, 0.5) is 0 Å². The third kappa shape index (κ3) is 3.55. The van der Waals surface area contributed by atoms with E-state index in [4.69, 9.17) is 13.6 Å². The molecule has 2 heterocycles. The van der Waals surface area contributed by atoms with Crippen molar-refractivity contribution in [1.29, 1.82) is 0 Å². The van der Waals surface area contributed by atoms with Crippen molar-refractivity contribution in [3.8, 4) is 5.75 Å². The second-order valence-corrected chi connectivity index (χ2v) is 6.84. The second kappa shape index (κ2) is 7.34. The van der Waals surface area contributed by atoms with E-state index in [9.17, 15) is 14.4 Å². The highest BCUT2D eigenvalue weighted by Gasteiger charge is 2.32. The molecule has 1 aliphatic rings.